The molecule has 11 heteroatoms. The van der Waals surface area contributed by atoms with Crippen molar-refractivity contribution in [1.29, 1.82) is 0 Å². The third-order valence-electron chi connectivity index (χ3n) is 6.45. The summed E-state index contributed by atoms with van der Waals surface area (Å²) in [5.74, 6) is -1.38. The summed E-state index contributed by atoms with van der Waals surface area (Å²) in [6.07, 6.45) is -3.08. The molecular weight excluding hydrogens is 506 g/mol. The summed E-state index contributed by atoms with van der Waals surface area (Å²) in [6, 6.07) is 14.6. The Bertz CT molecular complexity index is 1200. The van der Waals surface area contributed by atoms with Gasteiger partial charge in [-0.2, -0.15) is 0 Å². The maximum Gasteiger partial charge on any atom is 0.410 e. The Morgan fingerprint density at radius 1 is 0.923 bits per heavy atom. The van der Waals surface area contributed by atoms with Crippen LogP contribution in [0.25, 0.3) is 11.1 Å². The van der Waals surface area contributed by atoms with Gasteiger partial charge in [0.25, 0.3) is 0 Å². The van der Waals surface area contributed by atoms with Gasteiger partial charge in [-0.05, 0) is 43.0 Å². The molecule has 3 amide bonds. The van der Waals surface area contributed by atoms with E-state index < -0.39 is 42.0 Å². The summed E-state index contributed by atoms with van der Waals surface area (Å²) < 4.78 is 16.0. The van der Waals surface area contributed by atoms with Crippen LogP contribution in [-0.4, -0.2) is 78.2 Å². The van der Waals surface area contributed by atoms with Crippen LogP contribution >= 0.6 is 0 Å². The van der Waals surface area contributed by atoms with Gasteiger partial charge in [0.2, 0.25) is 0 Å². The summed E-state index contributed by atoms with van der Waals surface area (Å²) in [7, 11) is 0. The summed E-state index contributed by atoms with van der Waals surface area (Å²) in [4.78, 5) is 49.8. The molecule has 1 aliphatic heterocycles. The monoisotopic (exact) mass is 539 g/mol. The van der Waals surface area contributed by atoms with Crippen LogP contribution in [0.5, 0.6) is 0 Å². The molecule has 0 radical (unpaired) electrons. The number of rotatable bonds is 7. The molecule has 1 heterocycles. The average Bonchev–Trinajstić information content (AvgIpc) is 3.44. The number of carbonyl (C=O) groups excluding carboxylic acids is 3. The zero-order valence-corrected chi connectivity index (χ0v) is 22.1. The first-order valence-electron chi connectivity index (χ1n) is 12.8. The van der Waals surface area contributed by atoms with Gasteiger partial charge >= 0.3 is 24.2 Å². The second-order valence-corrected chi connectivity index (χ2v) is 10.4. The number of aliphatic carboxylic acids is 1. The van der Waals surface area contributed by atoms with Crippen LogP contribution in [0.4, 0.5) is 14.4 Å². The van der Waals surface area contributed by atoms with E-state index in [1.165, 1.54) is 0 Å². The molecule has 1 saturated heterocycles. The number of carbonyl (C=O) groups is 4. The molecule has 1 aliphatic carbocycles. The molecule has 2 aromatic rings. The molecule has 208 valence electrons. The minimum absolute atomic E-state index is 0.0480. The van der Waals surface area contributed by atoms with E-state index >= 15 is 0 Å². The van der Waals surface area contributed by atoms with E-state index in [1.54, 1.807) is 20.8 Å². The lowest BCUT2D eigenvalue weighted by Crippen LogP contribution is -2.41. The largest absolute Gasteiger partial charge is 0.480 e. The fourth-order valence-corrected chi connectivity index (χ4v) is 4.83. The highest BCUT2D eigenvalue weighted by Gasteiger charge is 2.43. The van der Waals surface area contributed by atoms with Crippen molar-refractivity contribution in [3.05, 3.63) is 59.7 Å². The molecule has 3 N–H and O–H groups in total. The topological polar surface area (TPSA) is 144 Å². The van der Waals surface area contributed by atoms with E-state index in [4.69, 9.17) is 14.2 Å². The number of amides is 3. The van der Waals surface area contributed by atoms with Gasteiger partial charge in [-0.15, -0.1) is 0 Å². The average molecular weight is 540 g/mol. The van der Waals surface area contributed by atoms with E-state index in [2.05, 4.69) is 10.6 Å². The second kappa shape index (κ2) is 11.6. The van der Waals surface area contributed by atoms with Crippen LogP contribution < -0.4 is 10.6 Å². The van der Waals surface area contributed by atoms with E-state index in [0.717, 1.165) is 27.2 Å². The van der Waals surface area contributed by atoms with Gasteiger partial charge in [0.15, 0.2) is 0 Å². The number of hydrogen-bond acceptors (Lipinski definition) is 7. The molecule has 2 aromatic carbocycles. The molecule has 2 atom stereocenters. The minimum Gasteiger partial charge on any atom is -0.480 e. The molecule has 2 unspecified atom stereocenters. The van der Waals surface area contributed by atoms with Crippen molar-refractivity contribution in [1.82, 2.24) is 15.5 Å². The van der Waals surface area contributed by atoms with Crippen LogP contribution in [0, 0.1) is 0 Å². The number of benzene rings is 2. The molecule has 0 spiro atoms. The highest BCUT2D eigenvalue weighted by atomic mass is 16.6. The highest BCUT2D eigenvalue weighted by Crippen LogP contribution is 2.44. The van der Waals surface area contributed by atoms with Crippen molar-refractivity contribution in [3.63, 3.8) is 0 Å². The van der Waals surface area contributed by atoms with Crippen LogP contribution in [0.3, 0.4) is 0 Å². The number of likely N-dealkylation sites (tertiary alicyclic amines) is 1. The first-order chi connectivity index (χ1) is 18.5. The molecule has 0 bridgehead atoms. The maximum absolute atomic E-state index is 13.0. The van der Waals surface area contributed by atoms with Crippen molar-refractivity contribution in [2.45, 2.75) is 50.9 Å². The summed E-state index contributed by atoms with van der Waals surface area (Å²) >= 11 is 0. The van der Waals surface area contributed by atoms with Gasteiger partial charge in [-0.25, -0.2) is 19.2 Å². The van der Waals surface area contributed by atoms with E-state index in [-0.39, 0.29) is 38.6 Å². The fraction of sp³-hybridized carbons (Fsp3) is 0.429. The van der Waals surface area contributed by atoms with Crippen molar-refractivity contribution in [3.8, 4) is 11.1 Å². The summed E-state index contributed by atoms with van der Waals surface area (Å²) in [5, 5.41) is 14.7. The van der Waals surface area contributed by atoms with Crippen molar-refractivity contribution in [2.24, 2.45) is 0 Å². The van der Waals surface area contributed by atoms with Crippen LogP contribution in [0.15, 0.2) is 48.5 Å². The number of ether oxygens (including phenoxy) is 3. The number of hydrogen-bond donors (Lipinski definition) is 3. The van der Waals surface area contributed by atoms with E-state index in [1.807, 2.05) is 48.5 Å². The molecule has 0 saturated carbocycles. The Labute approximate surface area is 226 Å². The predicted octanol–water partition coefficient (Wildman–Crippen LogP) is 3.71. The normalized spacial score (nSPS) is 18.1. The lowest BCUT2D eigenvalue weighted by molar-refractivity contribution is -0.141. The van der Waals surface area contributed by atoms with Gasteiger partial charge in [-0.3, -0.25) is 4.90 Å². The molecule has 39 heavy (non-hydrogen) atoms. The number of carboxylic acids is 1. The first kappa shape index (κ1) is 27.7. The van der Waals surface area contributed by atoms with Gasteiger partial charge in [-0.1, -0.05) is 48.5 Å². The fourth-order valence-electron chi connectivity index (χ4n) is 4.83. The molecule has 11 nitrogen and oxygen atoms in total. The van der Waals surface area contributed by atoms with Crippen LogP contribution in [0.1, 0.15) is 44.2 Å². The lowest BCUT2D eigenvalue weighted by Gasteiger charge is -2.22. The Morgan fingerprint density at radius 3 is 2.05 bits per heavy atom. The summed E-state index contributed by atoms with van der Waals surface area (Å²) in [5.41, 5.74) is 3.61. The van der Waals surface area contributed by atoms with E-state index in [9.17, 15) is 24.3 Å². The molecule has 2 aliphatic rings. The highest BCUT2D eigenvalue weighted by molar-refractivity contribution is 5.82. The molecule has 1 fully saturated rings. The van der Waals surface area contributed by atoms with Crippen molar-refractivity contribution >= 4 is 24.2 Å². The van der Waals surface area contributed by atoms with Crippen molar-refractivity contribution < 1.29 is 38.5 Å². The maximum atomic E-state index is 13.0. The standard InChI is InChI=1S/C28H33N3O8/c1-28(2,3)39-26(35)30-13-12-29-25(34)38-17-14-23(24(32)33)31(15-17)27(36)37-16-22-20-10-6-4-8-18(20)19-9-5-7-11-21(19)22/h4-11,17,22-23H,12-16H2,1-3H3,(H,29,34)(H,30,35)(H,32,33). The SMILES string of the molecule is CC(C)(C)OC(=O)NCCNC(=O)OC1CC(C(=O)O)N(C(=O)OCC2c3ccccc3-c3ccccc32)C1. The van der Waals surface area contributed by atoms with Gasteiger partial charge < -0.3 is 30.0 Å². The second-order valence-electron chi connectivity index (χ2n) is 10.4. The zero-order chi connectivity index (χ0) is 28.2. The predicted molar refractivity (Wildman–Crippen MR) is 140 cm³/mol. The minimum atomic E-state index is -1.21. The molecular formula is C28H33N3O8. The van der Waals surface area contributed by atoms with Gasteiger partial charge in [0, 0.05) is 25.4 Å². The van der Waals surface area contributed by atoms with Crippen LogP contribution in [-0.2, 0) is 19.0 Å². The quantitative estimate of drug-likeness (QED) is 0.357. The van der Waals surface area contributed by atoms with Crippen molar-refractivity contribution in [2.75, 3.05) is 26.2 Å². The van der Waals surface area contributed by atoms with Crippen LogP contribution in [0.2, 0.25) is 0 Å². The van der Waals surface area contributed by atoms with Gasteiger partial charge in [0.1, 0.15) is 24.4 Å². The number of nitrogens with one attached hydrogen (secondary N) is 2. The lowest BCUT2D eigenvalue weighted by atomic mass is 9.98. The Hall–Kier alpha value is -4.28. The Balaban J connectivity index is 1.28. The Kier molecular flexibility index (Phi) is 8.27. The third-order valence-corrected chi connectivity index (χ3v) is 6.45. The third kappa shape index (κ3) is 6.78. The molecule has 4 rings (SSSR count). The van der Waals surface area contributed by atoms with Gasteiger partial charge in [0.05, 0.1) is 6.54 Å². The number of alkyl carbamates (subject to hydrolysis) is 2. The zero-order valence-electron chi connectivity index (χ0n) is 22.1. The first-order valence-corrected chi connectivity index (χ1v) is 12.8. The summed E-state index contributed by atoms with van der Waals surface area (Å²) in [6.45, 7) is 5.32. The Morgan fingerprint density at radius 2 is 1.49 bits per heavy atom. The smallest absolute Gasteiger partial charge is 0.410 e. The number of nitrogens with zero attached hydrogens (tertiary/aromatic N) is 1. The number of carboxylic acid groups (broad SMARTS) is 1. The molecule has 0 aromatic heterocycles. The number of fused-ring (bicyclic) bond motifs is 3. The van der Waals surface area contributed by atoms with E-state index in [0.29, 0.717) is 0 Å².